The zero-order valence-corrected chi connectivity index (χ0v) is 45.4. The van der Waals surface area contributed by atoms with Gasteiger partial charge >= 0.3 is 0 Å². The molecule has 0 saturated carbocycles. The Hall–Kier alpha value is -6.91. The van der Waals surface area contributed by atoms with Gasteiger partial charge in [-0.05, 0) is 64.1 Å². The molecular weight excluding hydrogens is 1090 g/mol. The van der Waals surface area contributed by atoms with Gasteiger partial charge in [-0.3, -0.25) is 13.7 Å². The molecule has 32 heteroatoms. The van der Waals surface area contributed by atoms with Crippen LogP contribution >= 0.6 is 34.8 Å². The number of rotatable bonds is 24. The van der Waals surface area contributed by atoms with E-state index in [1.807, 2.05) is 37.5 Å². The molecule has 0 aliphatic rings. The lowest BCUT2D eigenvalue weighted by atomic mass is 10.2. The number of anilines is 6. The average Bonchev–Trinajstić information content (AvgIpc) is 4.06. The van der Waals surface area contributed by atoms with Gasteiger partial charge in [0.15, 0.2) is 16.8 Å². The van der Waals surface area contributed by atoms with Crippen LogP contribution < -0.4 is 29.9 Å². The van der Waals surface area contributed by atoms with E-state index in [0.29, 0.717) is 71.6 Å². The van der Waals surface area contributed by atoms with Crippen LogP contribution in [0.3, 0.4) is 0 Å². The maximum absolute atomic E-state index is 11.8. The first-order chi connectivity index (χ1) is 35.7. The first kappa shape index (κ1) is 55.8. The Morgan fingerprint density at radius 2 is 1.01 bits per heavy atom. The summed E-state index contributed by atoms with van der Waals surface area (Å²) in [6, 6.07) is 17.7. The molecule has 7 rings (SSSR count). The van der Waals surface area contributed by atoms with E-state index in [1.165, 1.54) is 50.6 Å². The number of hydrogen-bond donors (Lipinski definition) is 5. The summed E-state index contributed by atoms with van der Waals surface area (Å²) in [6.45, 7) is 10.3. The standard InChI is InChI=1S/C43H47N15O11S6/c1-7-57(8-2)33-21-29(31(23-35(33)68-5)51-53-42-46-37(55-71-42)25-13-11-15-27(19-25)74(62,63)64)44-39-48-40(50-41(49-39)70-17-18-73(59,60)61)45-30-22-34(58(9-3)10-4)36(69-6)24-32(30)52-54-43-47-38(56-72-43)26-14-12-16-28(20-26)75(65,66)67/h11-16,19-24H,7-10,17-18H2,1-6H3,(H,59,60,61)(H,62,63,64)(H,65,66,67)(H2,44,45,48,49,50). The molecule has 0 unspecified atom stereocenters. The number of benzene rings is 4. The Bertz CT molecular complexity index is 3380. The van der Waals surface area contributed by atoms with Crippen LogP contribution in [0.5, 0.6) is 11.5 Å². The Morgan fingerprint density at radius 3 is 1.39 bits per heavy atom. The quantitative estimate of drug-likeness (QED) is 0.0213. The predicted molar refractivity (Wildman–Crippen MR) is 285 cm³/mol. The average molecular weight is 1140 g/mol. The van der Waals surface area contributed by atoms with E-state index < -0.39 is 36.1 Å². The van der Waals surface area contributed by atoms with E-state index in [9.17, 15) is 38.9 Å². The largest absolute Gasteiger partial charge is 0.494 e. The highest BCUT2D eigenvalue weighted by Gasteiger charge is 2.21. The van der Waals surface area contributed by atoms with Crippen molar-refractivity contribution in [3.63, 3.8) is 0 Å². The van der Waals surface area contributed by atoms with Crippen molar-refractivity contribution in [3.8, 4) is 34.3 Å². The maximum atomic E-state index is 11.8. The third-order valence-electron chi connectivity index (χ3n) is 10.6. The van der Waals surface area contributed by atoms with E-state index in [0.717, 1.165) is 34.8 Å². The van der Waals surface area contributed by atoms with Gasteiger partial charge in [0.05, 0.1) is 52.5 Å². The minimum atomic E-state index is -4.50. The van der Waals surface area contributed by atoms with Crippen molar-refractivity contribution < 1.29 is 48.4 Å². The van der Waals surface area contributed by atoms with Gasteiger partial charge in [-0.1, -0.05) is 36.0 Å². The van der Waals surface area contributed by atoms with Gasteiger partial charge in [-0.25, -0.2) is 0 Å². The van der Waals surface area contributed by atoms with Crippen LogP contribution in [0.4, 0.5) is 56.3 Å². The number of hydrogen-bond acceptors (Lipinski definition) is 26. The second-order valence-corrected chi connectivity index (χ2v) is 22.2. The number of ether oxygens (including phenoxy) is 2. The Balaban J connectivity index is 1.30. The van der Waals surface area contributed by atoms with Gasteiger partial charge in [-0.2, -0.15) is 58.9 Å². The summed E-state index contributed by atoms with van der Waals surface area (Å²) in [6.07, 6.45) is 0. The van der Waals surface area contributed by atoms with Crippen LogP contribution in [0.25, 0.3) is 22.8 Å². The topological polar surface area (TPSA) is 352 Å². The van der Waals surface area contributed by atoms with Crippen molar-refractivity contribution in [2.45, 2.75) is 42.6 Å². The Labute approximate surface area is 443 Å². The number of nitrogens with zero attached hydrogens (tertiary/aromatic N) is 13. The number of azo groups is 2. The fraction of sp³-hybridized carbons (Fsp3) is 0.279. The van der Waals surface area contributed by atoms with Crippen LogP contribution in [0.2, 0.25) is 0 Å². The lowest BCUT2D eigenvalue weighted by molar-refractivity contribution is 0.414. The molecule has 0 bridgehead atoms. The molecule has 0 spiro atoms. The number of aromatic nitrogens is 7. The molecule has 26 nitrogen and oxygen atoms in total. The molecule has 0 aliphatic heterocycles. The summed E-state index contributed by atoms with van der Waals surface area (Å²) in [5.41, 5.74) is 3.04. The van der Waals surface area contributed by atoms with Crippen molar-refractivity contribution >= 4 is 121 Å². The molecule has 0 saturated heterocycles. The second-order valence-electron chi connectivity index (χ2n) is 15.3. The number of methoxy groups -OCH3 is 2. The SMILES string of the molecule is CCN(CC)c1cc(Nc2nc(Nc3cc(N(CC)CC)c(OC)cc3N=Nc3nc(-c4cccc(S(=O)(=O)O)c4)ns3)nc(SCCS(=O)(=O)O)n2)c(N=Nc2nc(-c3cccc(S(=O)(=O)O)c3)ns2)cc1OC. The van der Waals surface area contributed by atoms with Gasteiger partial charge < -0.3 is 29.9 Å². The fourth-order valence-electron chi connectivity index (χ4n) is 6.97. The molecule has 0 atom stereocenters. The number of nitrogens with one attached hydrogen (secondary N) is 2. The molecule has 0 radical (unpaired) electrons. The molecule has 75 heavy (non-hydrogen) atoms. The minimum absolute atomic E-state index is 0.0406. The lowest BCUT2D eigenvalue weighted by Gasteiger charge is -2.25. The molecular formula is C43H47N15O11S6. The van der Waals surface area contributed by atoms with E-state index >= 15 is 0 Å². The molecule has 0 amide bonds. The Morgan fingerprint density at radius 1 is 0.587 bits per heavy atom. The highest BCUT2D eigenvalue weighted by atomic mass is 32.2. The number of thioether (sulfide) groups is 1. The molecule has 4 aromatic carbocycles. The van der Waals surface area contributed by atoms with E-state index in [2.05, 4.69) is 59.8 Å². The van der Waals surface area contributed by atoms with Crippen molar-refractivity contribution in [2.75, 3.05) is 72.3 Å². The predicted octanol–water partition coefficient (Wildman–Crippen LogP) is 9.41. The molecule has 0 fully saturated rings. The smallest absolute Gasteiger partial charge is 0.294 e. The molecule has 3 aromatic heterocycles. The van der Waals surface area contributed by atoms with Gasteiger partial charge in [0.1, 0.15) is 22.9 Å². The normalized spacial score (nSPS) is 12.1. The lowest BCUT2D eigenvalue weighted by Crippen LogP contribution is -2.22. The van der Waals surface area contributed by atoms with Crippen molar-refractivity contribution in [1.29, 1.82) is 0 Å². The second kappa shape index (κ2) is 24.2. The van der Waals surface area contributed by atoms with Gasteiger partial charge in [0.25, 0.3) is 30.4 Å². The van der Waals surface area contributed by atoms with Crippen LogP contribution in [-0.4, -0.2) is 124 Å². The minimum Gasteiger partial charge on any atom is -0.494 e. The third kappa shape index (κ3) is 14.5. The highest BCUT2D eigenvalue weighted by molar-refractivity contribution is 8.00. The summed E-state index contributed by atoms with van der Waals surface area (Å²) in [4.78, 5) is 26.1. The van der Waals surface area contributed by atoms with Crippen LogP contribution in [0, 0.1) is 0 Å². The summed E-state index contributed by atoms with van der Waals surface area (Å²) < 4.78 is 120. The van der Waals surface area contributed by atoms with Crippen LogP contribution in [-0.2, 0) is 30.4 Å². The molecule has 5 N–H and O–H groups in total. The molecule has 3 heterocycles. The highest BCUT2D eigenvalue weighted by Crippen LogP contribution is 2.43. The monoisotopic (exact) mass is 1140 g/mol. The summed E-state index contributed by atoms with van der Waals surface area (Å²) >= 11 is 2.69. The molecule has 7 aromatic rings. The van der Waals surface area contributed by atoms with Gasteiger partial charge in [0, 0.05) is 78.3 Å². The molecule has 0 aliphatic carbocycles. The summed E-state index contributed by atoms with van der Waals surface area (Å²) in [5.74, 6) is 0.310. The van der Waals surface area contributed by atoms with Crippen LogP contribution in [0.1, 0.15) is 27.7 Å². The first-order valence-electron chi connectivity index (χ1n) is 22.2. The van der Waals surface area contributed by atoms with Crippen molar-refractivity contribution in [3.05, 3.63) is 72.8 Å². The fourth-order valence-corrected chi connectivity index (χ4v) is 10.7. The zero-order valence-electron chi connectivity index (χ0n) is 40.5. The van der Waals surface area contributed by atoms with Gasteiger partial charge in [-0.15, -0.1) is 20.5 Å². The zero-order chi connectivity index (χ0) is 54.1. The summed E-state index contributed by atoms with van der Waals surface area (Å²) in [7, 11) is -10.3. The van der Waals surface area contributed by atoms with Crippen molar-refractivity contribution in [2.24, 2.45) is 20.5 Å². The maximum Gasteiger partial charge on any atom is 0.294 e. The van der Waals surface area contributed by atoms with E-state index in [1.54, 1.807) is 36.4 Å². The Kier molecular flexibility index (Phi) is 18.0. The van der Waals surface area contributed by atoms with Crippen molar-refractivity contribution in [1.82, 2.24) is 33.7 Å². The summed E-state index contributed by atoms with van der Waals surface area (Å²) in [5, 5.41) is 24.4. The third-order valence-corrected chi connectivity index (χ3v) is 15.3. The van der Waals surface area contributed by atoms with Crippen LogP contribution in [0.15, 0.2) is 108 Å². The molecule has 396 valence electrons. The van der Waals surface area contributed by atoms with E-state index in [-0.39, 0.29) is 65.9 Å². The first-order valence-corrected chi connectivity index (χ1v) is 29.2. The van der Waals surface area contributed by atoms with E-state index in [4.69, 9.17) is 14.5 Å². The van der Waals surface area contributed by atoms with Gasteiger partial charge in [0.2, 0.25) is 22.2 Å².